The molecule has 0 saturated heterocycles. The van der Waals surface area contributed by atoms with Crippen molar-refractivity contribution in [3.05, 3.63) is 48.0 Å². The smallest absolute Gasteiger partial charge is 0.219 e. The molecule has 1 aromatic carbocycles. The third-order valence-corrected chi connectivity index (χ3v) is 2.72. The first-order chi connectivity index (χ1) is 7.83. The highest BCUT2D eigenvalue weighted by molar-refractivity contribution is 5.95. The van der Waals surface area contributed by atoms with Crippen LogP contribution >= 0.6 is 0 Å². The quantitative estimate of drug-likeness (QED) is 0.672. The van der Waals surface area contributed by atoms with Crippen molar-refractivity contribution >= 4 is 5.90 Å². The standard InChI is InChI=1S/C13H13NO2/c1-9-7-8-11-13(15-9)14-12(16-11)10-5-3-2-4-6-10/h2-9,11,13H,1H3. The molecule has 3 unspecified atom stereocenters. The van der Waals surface area contributed by atoms with Crippen molar-refractivity contribution in [2.75, 3.05) is 0 Å². The van der Waals surface area contributed by atoms with Crippen molar-refractivity contribution < 1.29 is 9.47 Å². The SMILES string of the molecule is CC1C=CC2OC(c3ccccc3)=NC2O1. The van der Waals surface area contributed by atoms with E-state index in [2.05, 4.69) is 4.99 Å². The van der Waals surface area contributed by atoms with Crippen LogP contribution in [0.2, 0.25) is 0 Å². The summed E-state index contributed by atoms with van der Waals surface area (Å²) in [6.45, 7) is 2.00. The van der Waals surface area contributed by atoms with E-state index in [-0.39, 0.29) is 18.4 Å². The first kappa shape index (κ1) is 9.60. The van der Waals surface area contributed by atoms with Crippen LogP contribution < -0.4 is 0 Å². The van der Waals surface area contributed by atoms with Gasteiger partial charge in [0.2, 0.25) is 5.90 Å². The number of ether oxygens (including phenoxy) is 2. The Morgan fingerprint density at radius 1 is 1.12 bits per heavy atom. The monoisotopic (exact) mass is 215 g/mol. The molecule has 0 amide bonds. The summed E-state index contributed by atoms with van der Waals surface area (Å²) in [5.74, 6) is 0.675. The normalized spacial score (nSPS) is 31.8. The third kappa shape index (κ3) is 1.63. The van der Waals surface area contributed by atoms with E-state index < -0.39 is 0 Å². The molecule has 3 heteroatoms. The Hall–Kier alpha value is -1.61. The van der Waals surface area contributed by atoms with E-state index in [1.165, 1.54) is 0 Å². The second-order valence-electron chi connectivity index (χ2n) is 4.00. The Bertz CT molecular complexity index is 439. The van der Waals surface area contributed by atoms with Crippen LogP contribution in [-0.4, -0.2) is 24.3 Å². The minimum absolute atomic E-state index is 0.0635. The van der Waals surface area contributed by atoms with Gasteiger partial charge in [-0.25, -0.2) is 4.99 Å². The molecule has 0 N–H and O–H groups in total. The summed E-state index contributed by atoms with van der Waals surface area (Å²) in [6.07, 6.45) is 3.90. The molecule has 0 bridgehead atoms. The topological polar surface area (TPSA) is 30.8 Å². The van der Waals surface area contributed by atoms with Crippen LogP contribution in [0.25, 0.3) is 0 Å². The van der Waals surface area contributed by atoms with E-state index in [4.69, 9.17) is 9.47 Å². The number of aliphatic imine (C=N–C) groups is 1. The fraction of sp³-hybridized carbons (Fsp3) is 0.308. The van der Waals surface area contributed by atoms with Crippen molar-refractivity contribution in [3.8, 4) is 0 Å². The second kappa shape index (κ2) is 3.76. The lowest BCUT2D eigenvalue weighted by molar-refractivity contribution is -0.0212. The number of hydrogen-bond donors (Lipinski definition) is 0. The Morgan fingerprint density at radius 2 is 1.94 bits per heavy atom. The van der Waals surface area contributed by atoms with Gasteiger partial charge in [0.1, 0.15) is 0 Å². The predicted octanol–water partition coefficient (Wildman–Crippen LogP) is 2.13. The first-order valence-electron chi connectivity index (χ1n) is 5.46. The summed E-state index contributed by atoms with van der Waals surface area (Å²) in [6, 6.07) is 9.90. The zero-order valence-corrected chi connectivity index (χ0v) is 9.04. The number of rotatable bonds is 1. The molecule has 2 aliphatic rings. The molecule has 1 aromatic rings. The lowest BCUT2D eigenvalue weighted by Crippen LogP contribution is -2.30. The molecule has 0 aromatic heterocycles. The fourth-order valence-corrected chi connectivity index (χ4v) is 1.90. The van der Waals surface area contributed by atoms with Gasteiger partial charge in [0.05, 0.1) is 6.10 Å². The van der Waals surface area contributed by atoms with Gasteiger partial charge in [-0.1, -0.05) is 24.3 Å². The van der Waals surface area contributed by atoms with Gasteiger partial charge in [0.15, 0.2) is 12.3 Å². The van der Waals surface area contributed by atoms with Gasteiger partial charge in [-0.05, 0) is 25.1 Å². The Kier molecular flexibility index (Phi) is 2.26. The van der Waals surface area contributed by atoms with Crippen molar-refractivity contribution in [3.63, 3.8) is 0 Å². The molecular formula is C13H13NO2. The van der Waals surface area contributed by atoms with Gasteiger partial charge >= 0.3 is 0 Å². The van der Waals surface area contributed by atoms with Crippen LogP contribution in [0.1, 0.15) is 12.5 Å². The van der Waals surface area contributed by atoms with Gasteiger partial charge in [-0.3, -0.25) is 0 Å². The van der Waals surface area contributed by atoms with Gasteiger partial charge in [-0.2, -0.15) is 0 Å². The van der Waals surface area contributed by atoms with Crippen LogP contribution in [0.3, 0.4) is 0 Å². The molecule has 0 saturated carbocycles. The van der Waals surface area contributed by atoms with E-state index in [0.29, 0.717) is 5.90 Å². The zero-order valence-electron chi connectivity index (χ0n) is 9.04. The summed E-state index contributed by atoms with van der Waals surface area (Å²) in [5.41, 5.74) is 1.00. The predicted molar refractivity (Wildman–Crippen MR) is 61.3 cm³/mol. The molecule has 2 heterocycles. The van der Waals surface area contributed by atoms with Crippen LogP contribution in [0.15, 0.2) is 47.5 Å². The van der Waals surface area contributed by atoms with Gasteiger partial charge in [0, 0.05) is 5.56 Å². The van der Waals surface area contributed by atoms with E-state index >= 15 is 0 Å². The molecular weight excluding hydrogens is 202 g/mol. The van der Waals surface area contributed by atoms with Gasteiger partial charge < -0.3 is 9.47 Å². The number of hydrogen-bond acceptors (Lipinski definition) is 3. The van der Waals surface area contributed by atoms with Gasteiger partial charge in [0.25, 0.3) is 0 Å². The maximum absolute atomic E-state index is 5.74. The average molecular weight is 215 g/mol. The average Bonchev–Trinajstić information content (AvgIpc) is 2.73. The number of nitrogens with zero attached hydrogens (tertiary/aromatic N) is 1. The summed E-state index contributed by atoms with van der Waals surface area (Å²) < 4.78 is 11.4. The van der Waals surface area contributed by atoms with Crippen molar-refractivity contribution in [1.29, 1.82) is 0 Å². The van der Waals surface area contributed by atoms with Crippen molar-refractivity contribution in [2.45, 2.75) is 25.4 Å². The maximum Gasteiger partial charge on any atom is 0.219 e. The zero-order chi connectivity index (χ0) is 11.0. The fourth-order valence-electron chi connectivity index (χ4n) is 1.90. The molecule has 16 heavy (non-hydrogen) atoms. The van der Waals surface area contributed by atoms with E-state index in [1.54, 1.807) is 0 Å². The second-order valence-corrected chi connectivity index (χ2v) is 4.00. The summed E-state index contributed by atoms with van der Waals surface area (Å²) in [4.78, 5) is 4.45. The number of fused-ring (bicyclic) bond motifs is 1. The highest BCUT2D eigenvalue weighted by Gasteiger charge is 2.33. The highest BCUT2D eigenvalue weighted by atomic mass is 16.6. The first-order valence-corrected chi connectivity index (χ1v) is 5.46. The van der Waals surface area contributed by atoms with Gasteiger partial charge in [-0.15, -0.1) is 0 Å². The molecule has 3 atom stereocenters. The maximum atomic E-state index is 5.74. The lowest BCUT2D eigenvalue weighted by Gasteiger charge is -2.22. The molecule has 3 nitrogen and oxygen atoms in total. The molecule has 2 aliphatic heterocycles. The van der Waals surface area contributed by atoms with Crippen LogP contribution in [0.4, 0.5) is 0 Å². The molecule has 3 rings (SSSR count). The number of benzene rings is 1. The van der Waals surface area contributed by atoms with Crippen molar-refractivity contribution in [1.82, 2.24) is 0 Å². The van der Waals surface area contributed by atoms with E-state index in [0.717, 1.165) is 5.56 Å². The Morgan fingerprint density at radius 3 is 2.75 bits per heavy atom. The van der Waals surface area contributed by atoms with E-state index in [9.17, 15) is 0 Å². The molecule has 0 radical (unpaired) electrons. The molecule has 82 valence electrons. The summed E-state index contributed by atoms with van der Waals surface area (Å²) in [5, 5.41) is 0. The van der Waals surface area contributed by atoms with Crippen LogP contribution in [0.5, 0.6) is 0 Å². The van der Waals surface area contributed by atoms with E-state index in [1.807, 2.05) is 49.4 Å². The highest BCUT2D eigenvalue weighted by Crippen LogP contribution is 2.24. The summed E-state index contributed by atoms with van der Waals surface area (Å²) >= 11 is 0. The lowest BCUT2D eigenvalue weighted by atomic mass is 10.2. The molecule has 0 fully saturated rings. The third-order valence-electron chi connectivity index (χ3n) is 2.72. The Balaban J connectivity index is 1.86. The van der Waals surface area contributed by atoms with Crippen molar-refractivity contribution in [2.24, 2.45) is 4.99 Å². The Labute approximate surface area is 94.4 Å². The van der Waals surface area contributed by atoms with Crippen LogP contribution in [0, 0.1) is 0 Å². The largest absolute Gasteiger partial charge is 0.465 e. The minimum Gasteiger partial charge on any atom is -0.465 e. The van der Waals surface area contributed by atoms with Crippen LogP contribution in [-0.2, 0) is 9.47 Å². The molecule has 0 spiro atoms. The minimum atomic E-state index is -0.185. The summed E-state index contributed by atoms with van der Waals surface area (Å²) in [7, 11) is 0. The molecule has 0 aliphatic carbocycles.